The minimum absolute atomic E-state index is 0.145. The molecule has 18 heavy (non-hydrogen) atoms. The molecule has 1 atom stereocenters. The van der Waals surface area contributed by atoms with E-state index < -0.39 is 0 Å². The topological polar surface area (TPSA) is 20.3 Å². The van der Waals surface area contributed by atoms with Crippen LogP contribution in [0.15, 0.2) is 24.3 Å². The Kier molecular flexibility index (Phi) is 5.10. The van der Waals surface area contributed by atoms with Crippen molar-refractivity contribution >= 4 is 29.1 Å². The van der Waals surface area contributed by atoms with Crippen LogP contribution in [0.25, 0.3) is 0 Å². The van der Waals surface area contributed by atoms with Crippen LogP contribution in [0.5, 0.6) is 0 Å². The number of nitrogens with zero attached hydrogens (tertiary/aromatic N) is 1. The Labute approximate surface area is 118 Å². The zero-order valence-corrected chi connectivity index (χ0v) is 12.1. The zero-order chi connectivity index (χ0) is 13.0. The lowest BCUT2D eigenvalue weighted by Gasteiger charge is -2.30. The number of benzene rings is 1. The normalized spacial score (nSPS) is 20.9. The van der Waals surface area contributed by atoms with Crippen LogP contribution in [0, 0.1) is 0 Å². The molecule has 0 aliphatic carbocycles. The smallest absolute Gasteiger partial charge is 0.165 e. The molecule has 1 unspecified atom stereocenters. The Hall–Kier alpha value is -0.510. The third-order valence-corrected chi connectivity index (χ3v) is 4.62. The van der Waals surface area contributed by atoms with Gasteiger partial charge in [-0.15, -0.1) is 0 Å². The Morgan fingerprint density at radius 3 is 3.00 bits per heavy atom. The van der Waals surface area contributed by atoms with Crippen LogP contribution in [0.2, 0.25) is 5.02 Å². The van der Waals surface area contributed by atoms with Gasteiger partial charge in [0.15, 0.2) is 5.78 Å². The second kappa shape index (κ2) is 6.60. The summed E-state index contributed by atoms with van der Waals surface area (Å²) < 4.78 is 0. The summed E-state index contributed by atoms with van der Waals surface area (Å²) >= 11 is 8.03. The van der Waals surface area contributed by atoms with Gasteiger partial charge in [-0.05, 0) is 12.1 Å². The van der Waals surface area contributed by atoms with Gasteiger partial charge in [0.1, 0.15) is 0 Å². The highest BCUT2D eigenvalue weighted by Crippen LogP contribution is 2.19. The first-order valence-corrected chi connectivity index (χ1v) is 7.71. The van der Waals surface area contributed by atoms with Crippen LogP contribution >= 0.6 is 23.4 Å². The van der Waals surface area contributed by atoms with Crippen LogP contribution in [-0.2, 0) is 0 Å². The van der Waals surface area contributed by atoms with Crippen molar-refractivity contribution in [2.24, 2.45) is 0 Å². The molecule has 0 N–H and O–H groups in total. The molecule has 1 fully saturated rings. The van der Waals surface area contributed by atoms with Gasteiger partial charge in [-0.25, -0.2) is 0 Å². The fourth-order valence-electron chi connectivity index (χ4n) is 2.18. The van der Waals surface area contributed by atoms with Crippen molar-refractivity contribution in [2.45, 2.75) is 18.6 Å². The van der Waals surface area contributed by atoms with Crippen LogP contribution in [-0.4, -0.2) is 41.3 Å². The number of hydrogen-bond donors (Lipinski definition) is 0. The Balaban J connectivity index is 1.87. The van der Waals surface area contributed by atoms with Gasteiger partial charge in [0.05, 0.1) is 5.02 Å². The molecule has 0 aromatic heterocycles. The van der Waals surface area contributed by atoms with Crippen molar-refractivity contribution in [3.63, 3.8) is 0 Å². The van der Waals surface area contributed by atoms with Crippen LogP contribution in [0.1, 0.15) is 23.7 Å². The van der Waals surface area contributed by atoms with Gasteiger partial charge in [-0.2, -0.15) is 11.8 Å². The van der Waals surface area contributed by atoms with Crippen LogP contribution in [0.4, 0.5) is 0 Å². The third-order valence-electron chi connectivity index (χ3n) is 3.15. The van der Waals surface area contributed by atoms with E-state index in [4.69, 9.17) is 11.6 Å². The van der Waals surface area contributed by atoms with E-state index in [1.54, 1.807) is 12.1 Å². The summed E-state index contributed by atoms with van der Waals surface area (Å²) in [6.45, 7) is 5.26. The molecule has 2 rings (SSSR count). The second-order valence-electron chi connectivity index (χ2n) is 4.64. The van der Waals surface area contributed by atoms with Gasteiger partial charge < -0.3 is 4.90 Å². The molecule has 1 aromatic rings. The summed E-state index contributed by atoms with van der Waals surface area (Å²) in [5.74, 6) is 1.31. The maximum atomic E-state index is 12.1. The molecule has 1 aliphatic rings. The summed E-state index contributed by atoms with van der Waals surface area (Å²) in [6, 6.07) is 7.29. The minimum atomic E-state index is 0.145. The van der Waals surface area contributed by atoms with E-state index in [-0.39, 0.29) is 5.78 Å². The van der Waals surface area contributed by atoms with E-state index in [9.17, 15) is 4.79 Å². The quantitative estimate of drug-likeness (QED) is 0.791. The molecule has 0 bridgehead atoms. The number of hydrogen-bond acceptors (Lipinski definition) is 3. The molecule has 0 radical (unpaired) electrons. The Morgan fingerprint density at radius 1 is 1.50 bits per heavy atom. The van der Waals surface area contributed by atoms with E-state index >= 15 is 0 Å². The number of rotatable bonds is 4. The minimum Gasteiger partial charge on any atom is -0.301 e. The first-order valence-electron chi connectivity index (χ1n) is 6.28. The van der Waals surface area contributed by atoms with E-state index in [2.05, 4.69) is 11.8 Å². The molecular formula is C14H18ClNOS. The molecule has 1 heterocycles. The molecule has 4 heteroatoms. The van der Waals surface area contributed by atoms with Crippen molar-refractivity contribution in [1.82, 2.24) is 4.90 Å². The van der Waals surface area contributed by atoms with Crippen molar-refractivity contribution in [3.05, 3.63) is 34.9 Å². The van der Waals surface area contributed by atoms with Gasteiger partial charge in [-0.3, -0.25) is 4.79 Å². The zero-order valence-electron chi connectivity index (χ0n) is 10.6. The molecule has 1 aliphatic heterocycles. The summed E-state index contributed by atoms with van der Waals surface area (Å²) in [7, 11) is 0. The van der Waals surface area contributed by atoms with E-state index in [0.717, 1.165) is 19.6 Å². The fourth-order valence-corrected chi connectivity index (χ4v) is 3.50. The molecule has 0 amide bonds. The second-order valence-corrected chi connectivity index (χ2v) is 6.59. The fraction of sp³-hybridized carbons (Fsp3) is 0.500. The maximum absolute atomic E-state index is 12.1. The predicted molar refractivity (Wildman–Crippen MR) is 78.8 cm³/mol. The lowest BCUT2D eigenvalue weighted by Crippen LogP contribution is -2.37. The monoisotopic (exact) mass is 283 g/mol. The van der Waals surface area contributed by atoms with Crippen LogP contribution in [0.3, 0.4) is 0 Å². The number of Topliss-reactive ketones (excluding diaryl/α,β-unsaturated/α-hetero) is 1. The average molecular weight is 284 g/mol. The third kappa shape index (κ3) is 3.74. The summed E-state index contributed by atoms with van der Waals surface area (Å²) in [6.07, 6.45) is 0.557. The number of carbonyl (C=O) groups excluding carboxylic acids is 1. The number of carbonyl (C=O) groups is 1. The molecule has 0 spiro atoms. The van der Waals surface area contributed by atoms with Crippen molar-refractivity contribution in [3.8, 4) is 0 Å². The highest BCUT2D eigenvalue weighted by molar-refractivity contribution is 7.99. The number of halogens is 1. The van der Waals surface area contributed by atoms with Crippen molar-refractivity contribution in [1.29, 1.82) is 0 Å². The molecule has 98 valence electrons. The van der Waals surface area contributed by atoms with Gasteiger partial charge in [0, 0.05) is 42.6 Å². The van der Waals surface area contributed by atoms with Gasteiger partial charge >= 0.3 is 0 Å². The molecule has 1 aromatic carbocycles. The summed E-state index contributed by atoms with van der Waals surface area (Å²) in [5, 5.41) is 1.24. The number of thioether (sulfide) groups is 1. The standard InChI is InChI=1S/C14H18ClNOS/c1-11-10-16(8-9-18-11)7-6-14(17)12-4-2-3-5-13(12)15/h2-5,11H,6-10H2,1H3. The lowest BCUT2D eigenvalue weighted by atomic mass is 10.1. The SMILES string of the molecule is CC1CN(CCC(=O)c2ccccc2Cl)CCS1. The number of ketones is 1. The first kappa shape index (κ1) is 13.9. The molecule has 1 saturated heterocycles. The largest absolute Gasteiger partial charge is 0.301 e. The van der Waals surface area contributed by atoms with Crippen molar-refractivity contribution in [2.75, 3.05) is 25.4 Å². The lowest BCUT2D eigenvalue weighted by molar-refractivity contribution is 0.0965. The predicted octanol–water partition coefficient (Wildman–Crippen LogP) is 3.35. The highest BCUT2D eigenvalue weighted by atomic mass is 35.5. The van der Waals surface area contributed by atoms with E-state index in [1.807, 2.05) is 23.9 Å². The maximum Gasteiger partial charge on any atom is 0.165 e. The Bertz CT molecular complexity index is 424. The molecule has 2 nitrogen and oxygen atoms in total. The summed E-state index contributed by atoms with van der Waals surface area (Å²) in [4.78, 5) is 14.4. The molecular weight excluding hydrogens is 266 g/mol. The van der Waals surface area contributed by atoms with Gasteiger partial charge in [-0.1, -0.05) is 30.7 Å². The van der Waals surface area contributed by atoms with E-state index in [0.29, 0.717) is 22.3 Å². The molecule has 0 saturated carbocycles. The van der Waals surface area contributed by atoms with Gasteiger partial charge in [0.2, 0.25) is 0 Å². The van der Waals surface area contributed by atoms with Crippen LogP contribution < -0.4 is 0 Å². The first-order chi connectivity index (χ1) is 8.66. The van der Waals surface area contributed by atoms with Gasteiger partial charge in [0.25, 0.3) is 0 Å². The van der Waals surface area contributed by atoms with E-state index in [1.165, 1.54) is 5.75 Å². The summed E-state index contributed by atoms with van der Waals surface area (Å²) in [5.41, 5.74) is 0.651. The Morgan fingerprint density at radius 2 is 2.28 bits per heavy atom. The van der Waals surface area contributed by atoms with Crippen molar-refractivity contribution < 1.29 is 4.79 Å². The average Bonchev–Trinajstić information content (AvgIpc) is 2.37. The highest BCUT2D eigenvalue weighted by Gasteiger charge is 2.18.